The normalized spacial score (nSPS) is 11.9. The Morgan fingerprint density at radius 2 is 2.00 bits per heavy atom. The largest absolute Gasteiger partial charge is 0.331 e. The number of hydrogen-bond acceptors (Lipinski definition) is 5. The highest BCUT2D eigenvalue weighted by molar-refractivity contribution is 7.12. The molecular weight excluding hydrogens is 228 g/mol. The zero-order valence-electron chi connectivity index (χ0n) is 9.93. The molecule has 0 amide bonds. The van der Waals surface area contributed by atoms with Gasteiger partial charge >= 0.3 is 11.1 Å². The molecule has 0 aliphatic heterocycles. The van der Waals surface area contributed by atoms with Crippen molar-refractivity contribution in [2.75, 3.05) is 26.1 Å². The average molecular weight is 247 g/mol. The van der Waals surface area contributed by atoms with Gasteiger partial charge < -0.3 is 14.2 Å². The quantitative estimate of drug-likeness (QED) is 0.576. The van der Waals surface area contributed by atoms with Crippen LogP contribution >= 0.6 is 11.3 Å². The fourth-order valence-corrected chi connectivity index (χ4v) is 2.02. The number of nitrogens with zero attached hydrogens (tertiary/aromatic N) is 1. The summed E-state index contributed by atoms with van der Waals surface area (Å²) >= 11 is 1.47. The van der Waals surface area contributed by atoms with Crippen LogP contribution in [-0.4, -0.2) is 26.3 Å². The number of thiazole rings is 1. The molecule has 0 saturated heterocycles. The van der Waals surface area contributed by atoms with Crippen molar-refractivity contribution in [3.05, 3.63) is 11.6 Å². The van der Waals surface area contributed by atoms with Gasteiger partial charge in [0.25, 0.3) is 0 Å². The number of rotatable bonds is 7. The fraction of sp³-hybridized carbons (Fsp3) is 0.700. The van der Waals surface area contributed by atoms with Crippen LogP contribution in [0.2, 0.25) is 0 Å². The lowest BCUT2D eigenvalue weighted by Gasteiger charge is -2.29. The summed E-state index contributed by atoms with van der Waals surface area (Å²) in [6, 6.07) is 0. The molecule has 0 aliphatic carbocycles. The van der Waals surface area contributed by atoms with Crippen LogP contribution in [0.25, 0.3) is 0 Å². The van der Waals surface area contributed by atoms with E-state index in [0.29, 0.717) is 24.9 Å². The van der Waals surface area contributed by atoms with E-state index in [9.17, 15) is 0 Å². The van der Waals surface area contributed by atoms with E-state index in [1.807, 2.05) is 30.0 Å². The van der Waals surface area contributed by atoms with E-state index in [-0.39, 0.29) is 0 Å². The molecule has 6 heteroatoms. The van der Waals surface area contributed by atoms with Gasteiger partial charge in [0.2, 0.25) is 0 Å². The Morgan fingerprint density at radius 3 is 2.38 bits per heavy atom. The Kier molecular flexibility index (Phi) is 5.14. The van der Waals surface area contributed by atoms with E-state index in [1.165, 1.54) is 11.3 Å². The first-order valence-electron chi connectivity index (χ1n) is 5.23. The molecule has 0 atom stereocenters. The second-order valence-electron chi connectivity index (χ2n) is 3.12. The number of ether oxygens (including phenoxy) is 3. The molecule has 1 heterocycles. The molecule has 0 aliphatic rings. The van der Waals surface area contributed by atoms with Crippen LogP contribution in [0.15, 0.2) is 11.6 Å². The smallest absolute Gasteiger partial charge is 0.328 e. The van der Waals surface area contributed by atoms with Crippen molar-refractivity contribution in [1.29, 1.82) is 0 Å². The maximum Gasteiger partial charge on any atom is 0.331 e. The number of anilines is 1. The van der Waals surface area contributed by atoms with Gasteiger partial charge in [-0.1, -0.05) is 11.3 Å². The number of methoxy groups -OCH3 is 1. The minimum Gasteiger partial charge on any atom is -0.328 e. The lowest BCUT2D eigenvalue weighted by atomic mass is 10.5. The lowest BCUT2D eigenvalue weighted by molar-refractivity contribution is -0.718. The van der Waals surface area contributed by atoms with E-state index in [4.69, 9.17) is 19.9 Å². The van der Waals surface area contributed by atoms with E-state index in [2.05, 4.69) is 0 Å². The maximum atomic E-state index is 5.81. The Labute approximate surface area is 99.7 Å². The van der Waals surface area contributed by atoms with Gasteiger partial charge in [0, 0.05) is 25.7 Å². The monoisotopic (exact) mass is 247 g/mol. The Morgan fingerprint density at radius 1 is 1.38 bits per heavy atom. The predicted molar refractivity (Wildman–Crippen MR) is 61.9 cm³/mol. The fourth-order valence-electron chi connectivity index (χ4n) is 1.41. The van der Waals surface area contributed by atoms with Crippen LogP contribution in [-0.2, 0) is 20.8 Å². The summed E-state index contributed by atoms with van der Waals surface area (Å²) in [5, 5.41) is 2.61. The van der Waals surface area contributed by atoms with Gasteiger partial charge in [-0.15, -0.1) is 0 Å². The second kappa shape index (κ2) is 6.15. The van der Waals surface area contributed by atoms with Crippen LogP contribution in [0, 0.1) is 0 Å². The summed E-state index contributed by atoms with van der Waals surface area (Å²) in [7, 11) is 1.56. The Bertz CT molecular complexity index is 311. The van der Waals surface area contributed by atoms with Crippen molar-refractivity contribution in [1.82, 2.24) is 0 Å². The third-order valence-corrected chi connectivity index (χ3v) is 2.85. The summed E-state index contributed by atoms with van der Waals surface area (Å²) in [6.45, 7) is 5.24. The average Bonchev–Trinajstić information content (AvgIpc) is 2.65. The van der Waals surface area contributed by atoms with E-state index < -0.39 is 5.97 Å². The van der Waals surface area contributed by atoms with E-state index >= 15 is 0 Å². The van der Waals surface area contributed by atoms with Gasteiger partial charge in [0.1, 0.15) is 6.20 Å². The zero-order valence-corrected chi connectivity index (χ0v) is 10.8. The van der Waals surface area contributed by atoms with Crippen LogP contribution in [0.4, 0.5) is 5.13 Å². The van der Waals surface area contributed by atoms with Crippen LogP contribution in [0.5, 0.6) is 0 Å². The van der Waals surface area contributed by atoms with Gasteiger partial charge in [-0.25, -0.2) is 4.57 Å². The van der Waals surface area contributed by atoms with Crippen molar-refractivity contribution < 1.29 is 18.8 Å². The Hall–Kier alpha value is -0.690. The molecule has 0 aromatic carbocycles. The molecular formula is C10H19N2O3S+. The minimum absolute atomic E-state index is 0.417. The highest BCUT2D eigenvalue weighted by atomic mass is 32.1. The predicted octanol–water partition coefficient (Wildman–Crippen LogP) is 0.991. The van der Waals surface area contributed by atoms with Gasteiger partial charge in [0.05, 0.1) is 0 Å². The standard InChI is InChI=1S/C10H18N2O3S/c1-4-14-10(13-3,15-5-2)8-12-6-7-16-9(12)11/h6-7,11H,4-5,8H2,1-3H3/p+1. The van der Waals surface area contributed by atoms with Crippen molar-refractivity contribution in [3.8, 4) is 0 Å². The highest BCUT2D eigenvalue weighted by Crippen LogP contribution is 2.16. The number of aromatic nitrogens is 1. The minimum atomic E-state index is -1.05. The van der Waals surface area contributed by atoms with Crippen molar-refractivity contribution in [2.45, 2.75) is 26.4 Å². The molecule has 2 N–H and O–H groups in total. The topological polar surface area (TPSA) is 57.6 Å². The molecule has 1 rings (SSSR count). The Balaban J connectivity index is 2.80. The summed E-state index contributed by atoms with van der Waals surface area (Å²) < 4.78 is 18.2. The molecule has 0 spiro atoms. The lowest BCUT2D eigenvalue weighted by Crippen LogP contribution is -2.52. The first-order valence-corrected chi connectivity index (χ1v) is 6.11. The molecule has 0 unspecified atom stereocenters. The number of nitrogen functional groups attached to an aromatic ring is 1. The highest BCUT2D eigenvalue weighted by Gasteiger charge is 2.35. The van der Waals surface area contributed by atoms with Crippen LogP contribution < -0.4 is 10.3 Å². The van der Waals surface area contributed by atoms with Crippen LogP contribution in [0.1, 0.15) is 13.8 Å². The second-order valence-corrected chi connectivity index (χ2v) is 4.05. The summed E-state index contributed by atoms with van der Waals surface area (Å²) in [5.41, 5.74) is 5.81. The molecule has 1 aromatic heterocycles. The summed E-state index contributed by atoms with van der Waals surface area (Å²) in [5.74, 6) is -1.05. The third-order valence-electron chi connectivity index (χ3n) is 2.12. The molecule has 1 aromatic rings. The molecule has 5 nitrogen and oxygen atoms in total. The summed E-state index contributed by atoms with van der Waals surface area (Å²) in [6.07, 6.45) is 1.88. The third kappa shape index (κ3) is 3.15. The zero-order chi connectivity index (χ0) is 12.0. The van der Waals surface area contributed by atoms with E-state index in [0.717, 1.165) is 0 Å². The number of nitrogens with two attached hydrogens (primary N) is 1. The molecule has 92 valence electrons. The molecule has 0 bridgehead atoms. The summed E-state index contributed by atoms with van der Waals surface area (Å²) in [4.78, 5) is 0. The van der Waals surface area contributed by atoms with Crippen molar-refractivity contribution in [3.63, 3.8) is 0 Å². The molecule has 0 fully saturated rings. The van der Waals surface area contributed by atoms with E-state index in [1.54, 1.807) is 7.11 Å². The first-order chi connectivity index (χ1) is 7.67. The van der Waals surface area contributed by atoms with Gasteiger partial charge in [0.15, 0.2) is 6.54 Å². The SMILES string of the molecule is CCOC(C[n+]1ccsc1N)(OC)OCC. The molecule has 0 radical (unpaired) electrons. The molecule has 0 saturated carbocycles. The van der Waals surface area contributed by atoms with Crippen LogP contribution in [0.3, 0.4) is 0 Å². The molecule has 16 heavy (non-hydrogen) atoms. The van der Waals surface area contributed by atoms with Gasteiger partial charge in [-0.05, 0) is 13.8 Å². The van der Waals surface area contributed by atoms with Gasteiger partial charge in [-0.2, -0.15) is 0 Å². The first kappa shape index (κ1) is 13.4. The van der Waals surface area contributed by atoms with Crippen molar-refractivity contribution >= 4 is 16.5 Å². The number of hydrogen-bond donors (Lipinski definition) is 1. The maximum absolute atomic E-state index is 5.81. The van der Waals surface area contributed by atoms with Gasteiger partial charge in [-0.3, -0.25) is 5.73 Å². The van der Waals surface area contributed by atoms with Crippen molar-refractivity contribution in [2.24, 2.45) is 0 Å².